The first-order valence-corrected chi connectivity index (χ1v) is 21.6. The molecule has 0 aliphatic heterocycles. The number of hydrogen-bond donors (Lipinski definition) is 1. The molecule has 0 aliphatic rings. The first-order valence-electron chi connectivity index (χ1n) is 21.6. The molecule has 0 saturated carbocycles. The number of likely N-dealkylation sites (N-methyl/N-ethyl adjacent to an activating group) is 1. The van der Waals surface area contributed by atoms with Crippen LogP contribution in [0.5, 0.6) is 0 Å². The van der Waals surface area contributed by atoms with Crippen molar-refractivity contribution in [1.82, 2.24) is 0 Å². The van der Waals surface area contributed by atoms with Crippen LogP contribution >= 0.6 is 0 Å². The van der Waals surface area contributed by atoms with Crippen molar-refractivity contribution in [2.75, 3.05) is 41.0 Å². The molecule has 318 valence electrons. The summed E-state index contributed by atoms with van der Waals surface area (Å²) >= 11 is 0. The zero-order valence-corrected chi connectivity index (χ0v) is 36.1. The molecule has 0 heterocycles. The van der Waals surface area contributed by atoms with Gasteiger partial charge in [-0.05, 0) is 64.2 Å². The Morgan fingerprint density at radius 2 is 1.00 bits per heavy atom. The van der Waals surface area contributed by atoms with Gasteiger partial charge in [-0.2, -0.15) is 0 Å². The summed E-state index contributed by atoms with van der Waals surface area (Å²) in [5, 5.41) is 9.59. The van der Waals surface area contributed by atoms with Gasteiger partial charge in [-0.15, -0.1) is 0 Å². The molecule has 0 saturated heterocycles. The highest BCUT2D eigenvalue weighted by Gasteiger charge is 2.31. The molecule has 2 unspecified atom stereocenters. The third-order valence-corrected chi connectivity index (χ3v) is 9.07. The van der Waals surface area contributed by atoms with Gasteiger partial charge in [0.15, 0.2) is 12.1 Å². The molecule has 0 amide bonds. The maximum atomic E-state index is 12.6. The minimum absolute atomic E-state index is 0.0194. The molecule has 0 aliphatic carbocycles. The number of esters is 2. The molecule has 8 nitrogen and oxygen atoms in total. The number of carboxylic acids is 1. The first kappa shape index (κ1) is 52.5. The number of allylic oxidation sites excluding steroid dienone is 13. The van der Waals surface area contributed by atoms with Gasteiger partial charge in [0, 0.05) is 12.8 Å². The van der Waals surface area contributed by atoms with E-state index in [2.05, 4.69) is 86.8 Å². The predicted octanol–water partition coefficient (Wildman–Crippen LogP) is 11.7. The second kappa shape index (κ2) is 38.4. The third kappa shape index (κ3) is 36.2. The molecule has 0 fully saturated rings. The second-order valence-electron chi connectivity index (χ2n) is 15.2. The summed E-state index contributed by atoms with van der Waals surface area (Å²) in [4.78, 5) is 36.8. The van der Waals surface area contributed by atoms with Gasteiger partial charge in [-0.25, -0.2) is 4.79 Å². The van der Waals surface area contributed by atoms with Gasteiger partial charge in [0.05, 0.1) is 40.8 Å². The SMILES string of the molecule is CC/C=C/C/C=C/C/C=C/C/C=C/CCCCCCCCCCCCC(=O)OCC(COCCC(C(=O)O)[N+](C)(C)C)OC(=O)C/C=C/C/C=C/C/C=C/CC. The number of quaternary nitrogens is 1. The quantitative estimate of drug-likeness (QED) is 0.0290. The van der Waals surface area contributed by atoms with E-state index >= 15 is 0 Å². The molecule has 56 heavy (non-hydrogen) atoms. The van der Waals surface area contributed by atoms with Gasteiger partial charge in [-0.1, -0.05) is 150 Å². The van der Waals surface area contributed by atoms with Crippen molar-refractivity contribution in [1.29, 1.82) is 0 Å². The number of hydrogen-bond acceptors (Lipinski definition) is 6. The lowest BCUT2D eigenvalue weighted by molar-refractivity contribution is -0.887. The summed E-state index contributed by atoms with van der Waals surface area (Å²) in [7, 11) is 5.48. The van der Waals surface area contributed by atoms with E-state index in [1.54, 1.807) is 6.08 Å². The smallest absolute Gasteiger partial charge is 0.362 e. The van der Waals surface area contributed by atoms with Crippen LogP contribution in [0.15, 0.2) is 85.1 Å². The largest absolute Gasteiger partial charge is 0.477 e. The minimum atomic E-state index is -0.892. The summed E-state index contributed by atoms with van der Waals surface area (Å²) in [6.45, 7) is 4.37. The number of aliphatic carboxylic acids is 1. The lowest BCUT2D eigenvalue weighted by atomic mass is 10.1. The molecule has 0 radical (unpaired) electrons. The lowest BCUT2D eigenvalue weighted by Gasteiger charge is -2.31. The number of carbonyl (C=O) groups is 3. The normalized spacial score (nSPS) is 13.8. The van der Waals surface area contributed by atoms with Crippen molar-refractivity contribution in [3.63, 3.8) is 0 Å². The first-order chi connectivity index (χ1) is 27.1. The number of carboxylic acid groups (broad SMARTS) is 1. The number of unbranched alkanes of at least 4 members (excludes halogenated alkanes) is 10. The van der Waals surface area contributed by atoms with Crippen molar-refractivity contribution in [3.05, 3.63) is 85.1 Å². The van der Waals surface area contributed by atoms with E-state index in [0.29, 0.717) is 12.8 Å². The molecule has 1 N–H and O–H groups in total. The third-order valence-electron chi connectivity index (χ3n) is 9.07. The number of rotatable bonds is 37. The molecule has 0 rings (SSSR count). The Kier molecular flexibility index (Phi) is 36.0. The van der Waals surface area contributed by atoms with Gasteiger partial charge in [-0.3, -0.25) is 9.59 Å². The fourth-order valence-corrected chi connectivity index (χ4v) is 5.79. The maximum absolute atomic E-state index is 12.6. The molecule has 0 aromatic rings. The summed E-state index contributed by atoms with van der Waals surface area (Å²) in [6, 6.07) is -0.631. The Morgan fingerprint density at radius 1 is 0.554 bits per heavy atom. The summed E-state index contributed by atoms with van der Waals surface area (Å²) in [5.74, 6) is -1.64. The van der Waals surface area contributed by atoms with Crippen LogP contribution in [-0.4, -0.2) is 80.6 Å². The summed E-state index contributed by atoms with van der Waals surface area (Å²) in [6.07, 6.45) is 49.6. The van der Waals surface area contributed by atoms with E-state index in [-0.39, 0.29) is 36.7 Å². The maximum Gasteiger partial charge on any atom is 0.362 e. The average molecular weight is 783 g/mol. The lowest BCUT2D eigenvalue weighted by Crippen LogP contribution is -2.50. The van der Waals surface area contributed by atoms with E-state index in [0.717, 1.165) is 64.2 Å². The highest BCUT2D eigenvalue weighted by atomic mass is 16.6. The van der Waals surface area contributed by atoms with Gasteiger partial charge in [0.25, 0.3) is 0 Å². The fourth-order valence-electron chi connectivity index (χ4n) is 5.79. The molecule has 8 heteroatoms. The fraction of sp³-hybridized carbons (Fsp3) is 0.646. The molecule has 0 bridgehead atoms. The second-order valence-corrected chi connectivity index (χ2v) is 15.2. The van der Waals surface area contributed by atoms with Crippen molar-refractivity contribution in [2.45, 2.75) is 161 Å². The standard InChI is InChI=1S/C48H79NO7/c1-6-8-10-12-14-16-17-18-19-20-21-22-23-24-25-26-27-28-29-31-32-34-36-38-46(50)55-43-44(42-54-41-40-45(48(52)53)49(3,4)5)56-47(51)39-37-35-33-30-15-13-11-9-7-2/h8-11,14-16,18-19,21-22,30,35,37,44-45H,6-7,12-13,17,20,23-29,31-34,36,38-43H2,1-5H3/p+1/b10-8+,11-9+,16-14+,19-18+,22-21+,30-15+,37-35+. The van der Waals surface area contributed by atoms with Crippen molar-refractivity contribution >= 4 is 17.9 Å². The van der Waals surface area contributed by atoms with Crippen LogP contribution in [0.3, 0.4) is 0 Å². The van der Waals surface area contributed by atoms with Crippen LogP contribution in [0.4, 0.5) is 0 Å². The highest BCUT2D eigenvalue weighted by Crippen LogP contribution is 2.13. The monoisotopic (exact) mass is 783 g/mol. The Morgan fingerprint density at radius 3 is 1.48 bits per heavy atom. The number of nitrogens with zero attached hydrogens (tertiary/aromatic N) is 1. The molecule has 0 aromatic carbocycles. The van der Waals surface area contributed by atoms with E-state index in [1.807, 2.05) is 27.2 Å². The topological polar surface area (TPSA) is 99.1 Å². The van der Waals surface area contributed by atoms with Crippen LogP contribution < -0.4 is 0 Å². The molecule has 0 aromatic heterocycles. The number of ether oxygens (including phenoxy) is 3. The van der Waals surface area contributed by atoms with Crippen molar-refractivity contribution < 1.29 is 38.2 Å². The van der Waals surface area contributed by atoms with Crippen LogP contribution in [0.1, 0.15) is 149 Å². The molecular weight excluding hydrogens is 703 g/mol. The highest BCUT2D eigenvalue weighted by molar-refractivity contribution is 5.72. The Balaban J connectivity index is 4.25. The zero-order chi connectivity index (χ0) is 41.4. The Hall–Kier alpha value is -3.49. The Bertz CT molecular complexity index is 1190. The van der Waals surface area contributed by atoms with Gasteiger partial charge in [0.2, 0.25) is 0 Å². The molecule has 0 spiro atoms. The molecule has 2 atom stereocenters. The van der Waals surface area contributed by atoms with Crippen molar-refractivity contribution in [2.24, 2.45) is 0 Å². The average Bonchev–Trinajstić information content (AvgIpc) is 3.15. The summed E-state index contributed by atoms with van der Waals surface area (Å²) < 4.78 is 17.1. The predicted molar refractivity (Wildman–Crippen MR) is 233 cm³/mol. The summed E-state index contributed by atoms with van der Waals surface area (Å²) in [5.41, 5.74) is 0. The Labute approximate surface area is 342 Å². The van der Waals surface area contributed by atoms with Crippen LogP contribution in [0.2, 0.25) is 0 Å². The minimum Gasteiger partial charge on any atom is -0.477 e. The van der Waals surface area contributed by atoms with Gasteiger partial charge >= 0.3 is 17.9 Å². The van der Waals surface area contributed by atoms with Crippen LogP contribution in [0.25, 0.3) is 0 Å². The van der Waals surface area contributed by atoms with E-state index in [4.69, 9.17) is 14.2 Å². The van der Waals surface area contributed by atoms with Crippen LogP contribution in [-0.2, 0) is 28.6 Å². The van der Waals surface area contributed by atoms with E-state index in [1.165, 1.54) is 51.4 Å². The zero-order valence-electron chi connectivity index (χ0n) is 36.1. The van der Waals surface area contributed by atoms with Gasteiger partial charge in [0.1, 0.15) is 6.61 Å². The number of carbonyl (C=O) groups excluding carboxylic acids is 2. The molecular formula is C48H80NO7+. The van der Waals surface area contributed by atoms with E-state index in [9.17, 15) is 19.5 Å². The van der Waals surface area contributed by atoms with Crippen LogP contribution in [0, 0.1) is 0 Å². The van der Waals surface area contributed by atoms with E-state index < -0.39 is 24.1 Å². The van der Waals surface area contributed by atoms with Crippen molar-refractivity contribution in [3.8, 4) is 0 Å². The van der Waals surface area contributed by atoms with Gasteiger partial charge < -0.3 is 23.8 Å².